The summed E-state index contributed by atoms with van der Waals surface area (Å²) in [6.45, 7) is 2.11. The summed E-state index contributed by atoms with van der Waals surface area (Å²) in [5.41, 5.74) is 0.895. The van der Waals surface area contributed by atoms with Crippen LogP contribution in [0.25, 0.3) is 11.1 Å². The Labute approximate surface area is 129 Å². The molecule has 0 amide bonds. The van der Waals surface area contributed by atoms with Crippen LogP contribution in [0.5, 0.6) is 11.5 Å². The number of thiophene rings is 1. The second kappa shape index (κ2) is 6.74. The Balaban J connectivity index is 2.63. The lowest BCUT2D eigenvalue weighted by Crippen LogP contribution is -2.02. The Kier molecular flexibility index (Phi) is 4.97. The van der Waals surface area contributed by atoms with Crippen LogP contribution in [-0.2, 0) is 0 Å². The first-order valence-electron chi connectivity index (χ1n) is 6.43. The monoisotopic (exact) mass is 328 g/mol. The maximum atomic E-state index is 12.8. The number of hydrogen-bond donors (Lipinski definition) is 1. The van der Waals surface area contributed by atoms with Crippen molar-refractivity contribution in [1.29, 1.82) is 0 Å². The highest BCUT2D eigenvalue weighted by Crippen LogP contribution is 2.42. The van der Waals surface area contributed by atoms with Gasteiger partial charge in [-0.25, -0.2) is 13.6 Å². The number of alkyl halides is 2. The lowest BCUT2D eigenvalue weighted by Gasteiger charge is -2.14. The molecule has 0 fully saturated rings. The zero-order chi connectivity index (χ0) is 16.3. The second-order valence-corrected chi connectivity index (χ2v) is 5.27. The summed E-state index contributed by atoms with van der Waals surface area (Å²) < 4.78 is 36.2. The number of ether oxygens (including phenoxy) is 2. The van der Waals surface area contributed by atoms with Crippen LogP contribution >= 0.6 is 11.3 Å². The number of aromatic carboxylic acids is 1. The molecule has 118 valence electrons. The van der Waals surface area contributed by atoms with E-state index in [1.54, 1.807) is 12.3 Å². The molecule has 0 spiro atoms. The minimum absolute atomic E-state index is 0.0000926. The van der Waals surface area contributed by atoms with Crippen molar-refractivity contribution < 1.29 is 28.2 Å². The Hall–Kier alpha value is -2.15. The summed E-state index contributed by atoms with van der Waals surface area (Å²) >= 11 is 0.913. The van der Waals surface area contributed by atoms with Gasteiger partial charge in [-0.3, -0.25) is 0 Å². The molecule has 0 aliphatic carbocycles. The predicted octanol–water partition coefficient (Wildman–Crippen LogP) is 4.46. The summed E-state index contributed by atoms with van der Waals surface area (Å²) in [4.78, 5) is 11.1. The summed E-state index contributed by atoms with van der Waals surface area (Å²) in [5, 5.41) is 10.7. The van der Waals surface area contributed by atoms with Gasteiger partial charge in [0.25, 0.3) is 6.43 Å². The van der Waals surface area contributed by atoms with Gasteiger partial charge in [-0.15, -0.1) is 11.3 Å². The highest BCUT2D eigenvalue weighted by molar-refractivity contribution is 7.10. The van der Waals surface area contributed by atoms with Gasteiger partial charge < -0.3 is 14.6 Å². The van der Waals surface area contributed by atoms with E-state index in [0.29, 0.717) is 23.5 Å². The van der Waals surface area contributed by atoms with Crippen molar-refractivity contribution in [3.8, 4) is 22.6 Å². The van der Waals surface area contributed by atoms with E-state index in [2.05, 4.69) is 0 Å². The van der Waals surface area contributed by atoms with Crippen molar-refractivity contribution in [1.82, 2.24) is 0 Å². The third-order valence-corrected chi connectivity index (χ3v) is 3.90. The van der Waals surface area contributed by atoms with E-state index in [0.717, 1.165) is 11.3 Å². The van der Waals surface area contributed by atoms with Gasteiger partial charge in [-0.2, -0.15) is 0 Å². The van der Waals surface area contributed by atoms with Crippen LogP contribution in [-0.4, -0.2) is 24.8 Å². The molecule has 2 rings (SSSR count). The molecule has 0 aliphatic rings. The average molecular weight is 328 g/mol. The molecular weight excluding hydrogens is 314 g/mol. The summed E-state index contributed by atoms with van der Waals surface area (Å²) in [7, 11) is 1.39. The van der Waals surface area contributed by atoms with E-state index in [-0.39, 0.29) is 16.2 Å². The molecule has 0 bridgehead atoms. The van der Waals surface area contributed by atoms with Crippen LogP contribution in [0.1, 0.15) is 28.6 Å². The fourth-order valence-corrected chi connectivity index (χ4v) is 2.75. The van der Waals surface area contributed by atoms with Crippen molar-refractivity contribution in [2.75, 3.05) is 13.7 Å². The van der Waals surface area contributed by atoms with Crippen molar-refractivity contribution >= 4 is 17.3 Å². The minimum atomic E-state index is -2.57. The summed E-state index contributed by atoms with van der Waals surface area (Å²) in [6, 6.07) is 4.07. The molecule has 7 heteroatoms. The Morgan fingerprint density at radius 3 is 2.59 bits per heavy atom. The number of rotatable bonds is 6. The van der Waals surface area contributed by atoms with Crippen LogP contribution in [0.2, 0.25) is 0 Å². The third kappa shape index (κ3) is 3.19. The number of methoxy groups -OCH3 is 1. The Morgan fingerprint density at radius 1 is 1.36 bits per heavy atom. The molecule has 1 heterocycles. The van der Waals surface area contributed by atoms with Crippen LogP contribution in [0.15, 0.2) is 23.6 Å². The molecule has 0 radical (unpaired) electrons. The molecule has 0 aliphatic heterocycles. The van der Waals surface area contributed by atoms with Gasteiger partial charge >= 0.3 is 5.97 Å². The van der Waals surface area contributed by atoms with Gasteiger partial charge in [-0.05, 0) is 36.1 Å². The largest absolute Gasteiger partial charge is 0.493 e. The van der Waals surface area contributed by atoms with Gasteiger partial charge in [0.2, 0.25) is 0 Å². The predicted molar refractivity (Wildman–Crippen MR) is 79.4 cm³/mol. The number of halogens is 2. The van der Waals surface area contributed by atoms with Crippen molar-refractivity contribution in [3.63, 3.8) is 0 Å². The van der Waals surface area contributed by atoms with Gasteiger partial charge in [0.05, 0.1) is 24.2 Å². The number of hydrogen-bond acceptors (Lipinski definition) is 4. The van der Waals surface area contributed by atoms with E-state index in [1.807, 2.05) is 0 Å². The molecule has 0 unspecified atom stereocenters. The zero-order valence-electron chi connectivity index (χ0n) is 11.9. The molecule has 0 saturated heterocycles. The molecule has 1 N–H and O–H groups in total. The number of carboxylic acids is 1. The number of carboxylic acid groups (broad SMARTS) is 1. The standard InChI is InChI=1S/C15H14F2O4S/c1-3-21-13-10(9-6-12(14(16)17)22-7-9)4-8(15(18)19)5-11(13)20-2/h4-7,14H,3H2,1-2H3,(H,18,19). The van der Waals surface area contributed by atoms with E-state index in [1.165, 1.54) is 25.3 Å². The lowest BCUT2D eigenvalue weighted by molar-refractivity contribution is 0.0696. The van der Waals surface area contributed by atoms with E-state index in [9.17, 15) is 18.7 Å². The zero-order valence-corrected chi connectivity index (χ0v) is 12.7. The van der Waals surface area contributed by atoms with E-state index in [4.69, 9.17) is 9.47 Å². The smallest absolute Gasteiger partial charge is 0.335 e. The first-order valence-corrected chi connectivity index (χ1v) is 7.31. The molecule has 22 heavy (non-hydrogen) atoms. The molecule has 2 aromatic rings. The molecule has 0 saturated carbocycles. The fraction of sp³-hybridized carbons (Fsp3) is 0.267. The number of carbonyl (C=O) groups is 1. The fourth-order valence-electron chi connectivity index (χ4n) is 1.99. The average Bonchev–Trinajstić information content (AvgIpc) is 2.97. The SMILES string of the molecule is CCOc1c(OC)cc(C(=O)O)cc1-c1csc(C(F)F)c1. The van der Waals surface area contributed by atoms with Gasteiger partial charge in [-0.1, -0.05) is 0 Å². The molecule has 1 aromatic heterocycles. The first-order chi connectivity index (χ1) is 10.5. The van der Waals surface area contributed by atoms with E-state index >= 15 is 0 Å². The lowest BCUT2D eigenvalue weighted by atomic mass is 10.0. The van der Waals surface area contributed by atoms with Crippen molar-refractivity contribution in [2.45, 2.75) is 13.3 Å². The number of benzene rings is 1. The Morgan fingerprint density at radius 2 is 2.09 bits per heavy atom. The van der Waals surface area contributed by atoms with Gasteiger partial charge in [0.1, 0.15) is 0 Å². The van der Waals surface area contributed by atoms with Crippen molar-refractivity contribution in [2.24, 2.45) is 0 Å². The first kappa shape index (κ1) is 16.2. The van der Waals surface area contributed by atoms with Crippen LogP contribution in [0, 0.1) is 0 Å². The molecule has 4 nitrogen and oxygen atoms in total. The van der Waals surface area contributed by atoms with Gasteiger partial charge in [0.15, 0.2) is 11.5 Å². The van der Waals surface area contributed by atoms with Crippen molar-refractivity contribution in [3.05, 3.63) is 34.0 Å². The molecule has 1 aromatic carbocycles. The quantitative estimate of drug-likeness (QED) is 0.851. The summed E-state index contributed by atoms with van der Waals surface area (Å²) in [5.74, 6) is -0.540. The van der Waals surface area contributed by atoms with Gasteiger partial charge in [0, 0.05) is 5.56 Å². The second-order valence-electron chi connectivity index (χ2n) is 4.33. The van der Waals surface area contributed by atoms with Crippen LogP contribution in [0.4, 0.5) is 8.78 Å². The summed E-state index contributed by atoms with van der Waals surface area (Å²) in [6.07, 6.45) is -2.57. The topological polar surface area (TPSA) is 55.8 Å². The van der Waals surface area contributed by atoms with Crippen LogP contribution in [0.3, 0.4) is 0 Å². The Bertz CT molecular complexity index is 682. The molecular formula is C15H14F2O4S. The molecule has 0 atom stereocenters. The maximum absolute atomic E-state index is 12.8. The highest BCUT2D eigenvalue weighted by Gasteiger charge is 2.20. The maximum Gasteiger partial charge on any atom is 0.335 e. The highest BCUT2D eigenvalue weighted by atomic mass is 32.1. The van der Waals surface area contributed by atoms with Crippen LogP contribution < -0.4 is 9.47 Å². The van der Waals surface area contributed by atoms with E-state index < -0.39 is 12.4 Å². The normalized spacial score (nSPS) is 10.8. The third-order valence-electron chi connectivity index (χ3n) is 2.96. The minimum Gasteiger partial charge on any atom is -0.493 e.